The Morgan fingerprint density at radius 3 is 2.47 bits per heavy atom. The highest BCUT2D eigenvalue weighted by molar-refractivity contribution is 5.95. The number of benzene rings is 1. The molecule has 0 unspecified atom stereocenters. The Labute approximate surface area is 88.1 Å². The third kappa shape index (κ3) is 2.15. The van der Waals surface area contributed by atoms with E-state index < -0.39 is 0 Å². The number of piperazine rings is 1. The second-order valence-electron chi connectivity index (χ2n) is 3.76. The average molecular weight is 208 g/mol. The number of halogens is 1. The number of hydrogen-bond donors (Lipinski definition) is 0. The van der Waals surface area contributed by atoms with Crippen molar-refractivity contribution in [2.75, 3.05) is 31.6 Å². The highest BCUT2D eigenvalue weighted by atomic mass is 19.1. The third-order valence-corrected chi connectivity index (χ3v) is 2.55. The van der Waals surface area contributed by atoms with Crippen LogP contribution in [0, 0.1) is 5.82 Å². The fourth-order valence-corrected chi connectivity index (χ4v) is 1.68. The van der Waals surface area contributed by atoms with Crippen LogP contribution in [0.1, 0.15) is 0 Å². The number of carbonyl (C=O) groups is 1. The number of anilines is 1. The van der Waals surface area contributed by atoms with Crippen LogP contribution in [0.3, 0.4) is 0 Å². The monoisotopic (exact) mass is 208 g/mol. The topological polar surface area (TPSA) is 23.6 Å². The molecule has 1 aliphatic rings. The molecule has 15 heavy (non-hydrogen) atoms. The van der Waals surface area contributed by atoms with E-state index in [1.54, 1.807) is 17.0 Å². The van der Waals surface area contributed by atoms with E-state index in [-0.39, 0.29) is 11.7 Å². The van der Waals surface area contributed by atoms with E-state index in [4.69, 9.17) is 0 Å². The normalized spacial score (nSPS) is 18.3. The Morgan fingerprint density at radius 1 is 1.20 bits per heavy atom. The molecule has 0 aliphatic carbocycles. The minimum atomic E-state index is -0.277. The molecule has 1 aromatic rings. The molecular formula is C11H13FN2O. The van der Waals surface area contributed by atoms with Crippen LogP contribution in [0.25, 0.3) is 0 Å². The lowest BCUT2D eigenvalue weighted by atomic mass is 10.2. The minimum Gasteiger partial charge on any atom is -0.310 e. The second kappa shape index (κ2) is 3.98. The molecule has 1 aliphatic heterocycles. The minimum absolute atomic E-state index is 0.0651. The fourth-order valence-electron chi connectivity index (χ4n) is 1.68. The smallest absolute Gasteiger partial charge is 0.241 e. The first kappa shape index (κ1) is 10.1. The molecule has 0 atom stereocenters. The van der Waals surface area contributed by atoms with Crippen molar-refractivity contribution in [2.45, 2.75) is 0 Å². The van der Waals surface area contributed by atoms with Crippen molar-refractivity contribution < 1.29 is 9.18 Å². The Morgan fingerprint density at radius 2 is 1.87 bits per heavy atom. The summed E-state index contributed by atoms with van der Waals surface area (Å²) in [5.41, 5.74) is 0.773. The number of carbonyl (C=O) groups excluding carboxylic acids is 1. The molecule has 80 valence electrons. The summed E-state index contributed by atoms with van der Waals surface area (Å²) in [7, 11) is 1.92. The Hall–Kier alpha value is -1.42. The summed E-state index contributed by atoms with van der Waals surface area (Å²) in [4.78, 5) is 15.3. The predicted molar refractivity (Wildman–Crippen MR) is 56.3 cm³/mol. The van der Waals surface area contributed by atoms with Crippen LogP contribution in [0.4, 0.5) is 10.1 Å². The molecule has 1 saturated heterocycles. The summed E-state index contributed by atoms with van der Waals surface area (Å²) in [6, 6.07) is 6.03. The summed E-state index contributed by atoms with van der Waals surface area (Å²) >= 11 is 0. The molecule has 0 saturated carbocycles. The first-order chi connectivity index (χ1) is 7.16. The van der Waals surface area contributed by atoms with Gasteiger partial charge in [0.1, 0.15) is 5.82 Å². The first-order valence-corrected chi connectivity index (χ1v) is 4.91. The molecule has 0 N–H and O–H groups in total. The van der Waals surface area contributed by atoms with Gasteiger partial charge in [-0.15, -0.1) is 0 Å². The van der Waals surface area contributed by atoms with E-state index in [1.165, 1.54) is 12.1 Å². The maximum Gasteiger partial charge on any atom is 0.241 e. The molecule has 0 bridgehead atoms. The van der Waals surface area contributed by atoms with Crippen LogP contribution < -0.4 is 4.90 Å². The van der Waals surface area contributed by atoms with Crippen molar-refractivity contribution in [3.63, 3.8) is 0 Å². The van der Waals surface area contributed by atoms with Gasteiger partial charge in [0.05, 0.1) is 6.54 Å². The molecule has 4 heteroatoms. The van der Waals surface area contributed by atoms with E-state index >= 15 is 0 Å². The van der Waals surface area contributed by atoms with Crippen molar-refractivity contribution in [3.8, 4) is 0 Å². The van der Waals surface area contributed by atoms with Gasteiger partial charge in [0.2, 0.25) is 5.91 Å². The molecule has 1 heterocycles. The van der Waals surface area contributed by atoms with Crippen molar-refractivity contribution in [1.82, 2.24) is 4.90 Å². The molecular weight excluding hydrogens is 195 g/mol. The third-order valence-electron chi connectivity index (χ3n) is 2.55. The van der Waals surface area contributed by atoms with Crippen LogP contribution >= 0.6 is 0 Å². The van der Waals surface area contributed by atoms with Gasteiger partial charge in [-0.3, -0.25) is 9.69 Å². The molecule has 1 aromatic carbocycles. The van der Waals surface area contributed by atoms with Gasteiger partial charge in [0, 0.05) is 18.8 Å². The lowest BCUT2D eigenvalue weighted by Crippen LogP contribution is -2.48. The Kier molecular flexibility index (Phi) is 2.68. The van der Waals surface area contributed by atoms with Crippen molar-refractivity contribution in [2.24, 2.45) is 0 Å². The quantitative estimate of drug-likeness (QED) is 0.690. The molecule has 3 nitrogen and oxygen atoms in total. The van der Waals surface area contributed by atoms with Gasteiger partial charge in [0.25, 0.3) is 0 Å². The van der Waals surface area contributed by atoms with Gasteiger partial charge in [-0.05, 0) is 31.3 Å². The molecule has 1 amide bonds. The van der Waals surface area contributed by atoms with Crippen LogP contribution in [-0.2, 0) is 4.79 Å². The van der Waals surface area contributed by atoms with E-state index in [9.17, 15) is 9.18 Å². The Bertz CT molecular complexity index is 363. The Balaban J connectivity index is 2.17. The highest BCUT2D eigenvalue weighted by Gasteiger charge is 2.22. The number of amides is 1. The average Bonchev–Trinajstić information content (AvgIpc) is 2.20. The number of nitrogens with zero attached hydrogens (tertiary/aromatic N) is 2. The van der Waals surface area contributed by atoms with Gasteiger partial charge in [-0.25, -0.2) is 4.39 Å². The number of rotatable bonds is 1. The molecule has 0 spiro atoms. The zero-order valence-electron chi connectivity index (χ0n) is 8.61. The molecule has 2 rings (SSSR count). The number of likely N-dealkylation sites (N-methyl/N-ethyl adjacent to an activating group) is 1. The lowest BCUT2D eigenvalue weighted by Gasteiger charge is -2.32. The summed E-state index contributed by atoms with van der Waals surface area (Å²) < 4.78 is 12.7. The van der Waals surface area contributed by atoms with E-state index in [0.717, 1.165) is 12.2 Å². The summed E-state index contributed by atoms with van der Waals surface area (Å²) in [6.45, 7) is 1.95. The lowest BCUT2D eigenvalue weighted by molar-refractivity contribution is -0.120. The van der Waals surface area contributed by atoms with Gasteiger partial charge in [-0.2, -0.15) is 0 Å². The standard InChI is InChI=1S/C11H13FN2O/c1-13-6-7-14(11(15)8-13)10-4-2-9(12)3-5-10/h2-5H,6-8H2,1H3. The summed E-state index contributed by atoms with van der Waals surface area (Å²) in [6.07, 6.45) is 0. The predicted octanol–water partition coefficient (Wildman–Crippen LogP) is 1.10. The van der Waals surface area contributed by atoms with Gasteiger partial charge >= 0.3 is 0 Å². The van der Waals surface area contributed by atoms with Crippen LogP contribution in [-0.4, -0.2) is 37.5 Å². The van der Waals surface area contributed by atoms with Crippen LogP contribution in [0.2, 0.25) is 0 Å². The van der Waals surface area contributed by atoms with Crippen molar-refractivity contribution in [3.05, 3.63) is 30.1 Å². The summed E-state index contributed by atoms with van der Waals surface area (Å²) in [5.74, 6) is -0.212. The zero-order valence-corrected chi connectivity index (χ0v) is 8.61. The second-order valence-corrected chi connectivity index (χ2v) is 3.76. The maximum absolute atomic E-state index is 12.7. The van der Waals surface area contributed by atoms with Gasteiger partial charge in [-0.1, -0.05) is 0 Å². The SMILES string of the molecule is CN1CCN(c2ccc(F)cc2)C(=O)C1. The highest BCUT2D eigenvalue weighted by Crippen LogP contribution is 2.17. The molecule has 1 fully saturated rings. The number of hydrogen-bond acceptors (Lipinski definition) is 2. The van der Waals surface area contributed by atoms with Crippen LogP contribution in [0.5, 0.6) is 0 Å². The largest absolute Gasteiger partial charge is 0.310 e. The molecule has 0 aromatic heterocycles. The van der Waals surface area contributed by atoms with E-state index in [0.29, 0.717) is 13.1 Å². The van der Waals surface area contributed by atoms with E-state index in [1.807, 2.05) is 11.9 Å². The maximum atomic E-state index is 12.7. The van der Waals surface area contributed by atoms with Gasteiger partial charge < -0.3 is 4.90 Å². The van der Waals surface area contributed by atoms with E-state index in [2.05, 4.69) is 0 Å². The zero-order chi connectivity index (χ0) is 10.8. The van der Waals surface area contributed by atoms with Gasteiger partial charge in [0.15, 0.2) is 0 Å². The summed E-state index contributed by atoms with van der Waals surface area (Å²) in [5, 5.41) is 0. The van der Waals surface area contributed by atoms with Crippen molar-refractivity contribution in [1.29, 1.82) is 0 Å². The van der Waals surface area contributed by atoms with Crippen LogP contribution in [0.15, 0.2) is 24.3 Å². The first-order valence-electron chi connectivity index (χ1n) is 4.91. The van der Waals surface area contributed by atoms with Crippen molar-refractivity contribution >= 4 is 11.6 Å². The molecule has 0 radical (unpaired) electrons. The fraction of sp³-hybridized carbons (Fsp3) is 0.364.